The molecule has 1 heterocycles. The molecule has 1 fully saturated rings. The number of hydrogen-bond donors (Lipinski definition) is 2. The van der Waals surface area contributed by atoms with Crippen LogP contribution >= 0.6 is 0 Å². The Kier molecular flexibility index (Phi) is 5.61. The zero-order valence-electron chi connectivity index (χ0n) is 13.2. The molecule has 20 heavy (non-hydrogen) atoms. The molecule has 0 amide bonds. The van der Waals surface area contributed by atoms with E-state index in [1.165, 1.54) is 36.9 Å². The van der Waals surface area contributed by atoms with Gasteiger partial charge in [-0.2, -0.15) is 5.10 Å². The fraction of sp³-hybridized carbons (Fsp3) is 0.812. The van der Waals surface area contributed by atoms with Crippen molar-refractivity contribution in [3.63, 3.8) is 0 Å². The number of nitrogens with zero attached hydrogens (tertiary/aromatic N) is 2. The first-order chi connectivity index (χ1) is 9.63. The number of aliphatic hydroxyl groups excluding tert-OH is 1. The standard InChI is InChI=1S/C16H29N3O/c1-4-9-19-13(3)15(12(2)18-19)10-17-11-16(20)14-7-5-6-8-14/h14,16-17,20H,4-11H2,1-3H3. The fourth-order valence-electron chi connectivity index (χ4n) is 3.27. The van der Waals surface area contributed by atoms with Gasteiger partial charge >= 0.3 is 0 Å². The lowest BCUT2D eigenvalue weighted by molar-refractivity contribution is 0.109. The average Bonchev–Trinajstić information content (AvgIpc) is 3.03. The Morgan fingerprint density at radius 1 is 1.35 bits per heavy atom. The number of rotatable bonds is 7. The number of aryl methyl sites for hydroxylation is 2. The Morgan fingerprint density at radius 3 is 2.70 bits per heavy atom. The SMILES string of the molecule is CCCn1nc(C)c(CNCC(O)C2CCCC2)c1C. The fourth-order valence-corrected chi connectivity index (χ4v) is 3.27. The maximum Gasteiger partial charge on any atom is 0.0692 e. The van der Waals surface area contributed by atoms with Crippen LogP contribution in [0.3, 0.4) is 0 Å². The Morgan fingerprint density at radius 2 is 2.05 bits per heavy atom. The molecule has 1 aliphatic rings. The zero-order valence-corrected chi connectivity index (χ0v) is 13.2. The van der Waals surface area contributed by atoms with Crippen LogP contribution in [-0.2, 0) is 13.1 Å². The van der Waals surface area contributed by atoms with Gasteiger partial charge in [-0.25, -0.2) is 0 Å². The molecule has 1 saturated carbocycles. The third-order valence-electron chi connectivity index (χ3n) is 4.57. The van der Waals surface area contributed by atoms with E-state index < -0.39 is 0 Å². The van der Waals surface area contributed by atoms with E-state index in [-0.39, 0.29) is 6.10 Å². The maximum atomic E-state index is 10.2. The van der Waals surface area contributed by atoms with Crippen LogP contribution < -0.4 is 5.32 Å². The highest BCUT2D eigenvalue weighted by molar-refractivity contribution is 5.24. The topological polar surface area (TPSA) is 50.1 Å². The lowest BCUT2D eigenvalue weighted by atomic mass is 10.0. The largest absolute Gasteiger partial charge is 0.392 e. The molecule has 0 saturated heterocycles. The molecule has 1 atom stereocenters. The van der Waals surface area contributed by atoms with Gasteiger partial charge in [0.05, 0.1) is 11.8 Å². The van der Waals surface area contributed by atoms with Crippen molar-refractivity contribution in [3.8, 4) is 0 Å². The van der Waals surface area contributed by atoms with E-state index in [0.29, 0.717) is 12.5 Å². The summed E-state index contributed by atoms with van der Waals surface area (Å²) < 4.78 is 2.10. The molecule has 0 aromatic carbocycles. The van der Waals surface area contributed by atoms with Crippen LogP contribution in [0.4, 0.5) is 0 Å². The van der Waals surface area contributed by atoms with Gasteiger partial charge in [0.1, 0.15) is 0 Å². The molecule has 0 bridgehead atoms. The van der Waals surface area contributed by atoms with Crippen LogP contribution in [0.15, 0.2) is 0 Å². The van der Waals surface area contributed by atoms with Gasteiger partial charge in [-0.15, -0.1) is 0 Å². The van der Waals surface area contributed by atoms with Crippen LogP contribution in [0.1, 0.15) is 56.0 Å². The van der Waals surface area contributed by atoms with Crippen LogP contribution in [0.2, 0.25) is 0 Å². The van der Waals surface area contributed by atoms with Gasteiger partial charge in [0.15, 0.2) is 0 Å². The summed E-state index contributed by atoms with van der Waals surface area (Å²) in [6, 6.07) is 0. The predicted octanol–water partition coefficient (Wildman–Crippen LogP) is 2.55. The summed E-state index contributed by atoms with van der Waals surface area (Å²) in [5, 5.41) is 18.2. The van der Waals surface area contributed by atoms with Gasteiger partial charge in [0, 0.05) is 30.9 Å². The highest BCUT2D eigenvalue weighted by Crippen LogP contribution is 2.27. The lowest BCUT2D eigenvalue weighted by Gasteiger charge is -2.18. The summed E-state index contributed by atoms with van der Waals surface area (Å²) in [5.74, 6) is 0.507. The second-order valence-corrected chi connectivity index (χ2v) is 6.12. The molecule has 2 rings (SSSR count). The first kappa shape index (κ1) is 15.5. The summed E-state index contributed by atoms with van der Waals surface area (Å²) >= 11 is 0. The van der Waals surface area contributed by atoms with Gasteiger partial charge in [0.2, 0.25) is 0 Å². The van der Waals surface area contributed by atoms with Crippen molar-refractivity contribution in [2.75, 3.05) is 6.54 Å². The summed E-state index contributed by atoms with van der Waals surface area (Å²) in [6.45, 7) is 8.88. The molecule has 2 N–H and O–H groups in total. The second kappa shape index (κ2) is 7.23. The Balaban J connectivity index is 1.84. The zero-order chi connectivity index (χ0) is 14.5. The van der Waals surface area contributed by atoms with E-state index in [4.69, 9.17) is 0 Å². The van der Waals surface area contributed by atoms with Crippen molar-refractivity contribution in [1.82, 2.24) is 15.1 Å². The minimum Gasteiger partial charge on any atom is -0.392 e. The molecule has 0 spiro atoms. The molecule has 4 heteroatoms. The Bertz CT molecular complexity index is 422. The van der Waals surface area contributed by atoms with Crippen molar-refractivity contribution < 1.29 is 5.11 Å². The van der Waals surface area contributed by atoms with E-state index >= 15 is 0 Å². The van der Waals surface area contributed by atoms with Crippen molar-refractivity contribution in [3.05, 3.63) is 17.0 Å². The van der Waals surface area contributed by atoms with Crippen LogP contribution in [0.25, 0.3) is 0 Å². The Labute approximate surface area is 122 Å². The number of hydrogen-bond acceptors (Lipinski definition) is 3. The summed E-state index contributed by atoms with van der Waals surface area (Å²) in [4.78, 5) is 0. The molecule has 0 aliphatic heterocycles. The number of nitrogens with one attached hydrogen (secondary N) is 1. The van der Waals surface area contributed by atoms with Crippen molar-refractivity contribution in [2.24, 2.45) is 5.92 Å². The van der Waals surface area contributed by atoms with Crippen LogP contribution in [-0.4, -0.2) is 27.5 Å². The van der Waals surface area contributed by atoms with Gasteiger partial charge in [0.25, 0.3) is 0 Å². The van der Waals surface area contributed by atoms with E-state index in [1.807, 2.05) is 0 Å². The van der Waals surface area contributed by atoms with E-state index in [0.717, 1.165) is 25.2 Å². The van der Waals surface area contributed by atoms with Gasteiger partial charge in [-0.1, -0.05) is 19.8 Å². The molecule has 4 nitrogen and oxygen atoms in total. The highest BCUT2D eigenvalue weighted by Gasteiger charge is 2.22. The number of aromatic nitrogens is 2. The minimum absolute atomic E-state index is 0.191. The highest BCUT2D eigenvalue weighted by atomic mass is 16.3. The molecule has 1 unspecified atom stereocenters. The molecule has 0 radical (unpaired) electrons. The van der Waals surface area contributed by atoms with Crippen molar-refractivity contribution >= 4 is 0 Å². The normalized spacial score (nSPS) is 17.8. The Hall–Kier alpha value is -0.870. The quantitative estimate of drug-likeness (QED) is 0.806. The molecule has 1 aromatic heterocycles. The summed E-state index contributed by atoms with van der Waals surface area (Å²) in [6.07, 6.45) is 5.86. The second-order valence-electron chi connectivity index (χ2n) is 6.12. The van der Waals surface area contributed by atoms with E-state index in [2.05, 4.69) is 35.9 Å². The van der Waals surface area contributed by atoms with E-state index in [9.17, 15) is 5.11 Å². The predicted molar refractivity (Wildman–Crippen MR) is 81.7 cm³/mol. The van der Waals surface area contributed by atoms with Gasteiger partial charge in [-0.05, 0) is 39.0 Å². The third kappa shape index (κ3) is 3.61. The average molecular weight is 279 g/mol. The summed E-state index contributed by atoms with van der Waals surface area (Å²) in [7, 11) is 0. The maximum absolute atomic E-state index is 10.2. The van der Waals surface area contributed by atoms with Crippen molar-refractivity contribution in [1.29, 1.82) is 0 Å². The lowest BCUT2D eigenvalue weighted by Crippen LogP contribution is -2.31. The number of aliphatic hydroxyl groups is 1. The molecule has 1 aliphatic carbocycles. The monoisotopic (exact) mass is 279 g/mol. The molecule has 114 valence electrons. The summed E-state index contributed by atoms with van der Waals surface area (Å²) in [5.41, 5.74) is 3.66. The van der Waals surface area contributed by atoms with E-state index in [1.54, 1.807) is 0 Å². The minimum atomic E-state index is -0.191. The van der Waals surface area contributed by atoms with Gasteiger partial charge < -0.3 is 10.4 Å². The van der Waals surface area contributed by atoms with Crippen molar-refractivity contribution in [2.45, 2.75) is 72.1 Å². The first-order valence-electron chi connectivity index (χ1n) is 8.05. The third-order valence-corrected chi connectivity index (χ3v) is 4.57. The van der Waals surface area contributed by atoms with Gasteiger partial charge in [-0.3, -0.25) is 4.68 Å². The van der Waals surface area contributed by atoms with Crippen LogP contribution in [0, 0.1) is 19.8 Å². The molecular formula is C16H29N3O. The smallest absolute Gasteiger partial charge is 0.0692 e. The molecular weight excluding hydrogens is 250 g/mol. The molecule has 1 aromatic rings. The van der Waals surface area contributed by atoms with Crippen LogP contribution in [0.5, 0.6) is 0 Å². The first-order valence-corrected chi connectivity index (χ1v) is 8.05.